The second-order valence-electron chi connectivity index (χ2n) is 3.63. The molecule has 1 unspecified atom stereocenters. The summed E-state index contributed by atoms with van der Waals surface area (Å²) < 4.78 is 0. The standard InChI is InChI=1S/C10H17NO3S/c1-2-8(10(13)14)15-7-9(12)11-5-3-4-6-11/h8H,2-7H2,1H3,(H,13,14). The van der Waals surface area contributed by atoms with Crippen molar-refractivity contribution in [3.63, 3.8) is 0 Å². The number of carbonyl (C=O) groups excluding carboxylic acids is 1. The molecule has 1 amide bonds. The lowest BCUT2D eigenvalue weighted by Crippen LogP contribution is -2.30. The van der Waals surface area contributed by atoms with Gasteiger partial charge in [0.25, 0.3) is 0 Å². The summed E-state index contributed by atoms with van der Waals surface area (Å²) >= 11 is 1.23. The molecule has 1 aliphatic heterocycles. The third-order valence-electron chi connectivity index (χ3n) is 2.51. The van der Waals surface area contributed by atoms with Crippen molar-refractivity contribution in [2.45, 2.75) is 31.4 Å². The molecule has 86 valence electrons. The first-order chi connectivity index (χ1) is 7.15. The maximum atomic E-state index is 11.6. The number of carboxylic acid groups (broad SMARTS) is 1. The summed E-state index contributed by atoms with van der Waals surface area (Å²) in [5.41, 5.74) is 0. The van der Waals surface area contributed by atoms with Gasteiger partial charge in [-0.05, 0) is 19.3 Å². The minimum absolute atomic E-state index is 0.0807. The van der Waals surface area contributed by atoms with E-state index in [0.717, 1.165) is 25.9 Å². The zero-order valence-electron chi connectivity index (χ0n) is 8.94. The molecule has 0 aliphatic carbocycles. The summed E-state index contributed by atoms with van der Waals surface area (Å²) in [5.74, 6) is -0.445. The third-order valence-corrected chi connectivity index (χ3v) is 3.86. The van der Waals surface area contributed by atoms with Crippen LogP contribution < -0.4 is 0 Å². The van der Waals surface area contributed by atoms with Crippen LogP contribution in [0.25, 0.3) is 0 Å². The molecule has 4 nitrogen and oxygen atoms in total. The first-order valence-corrected chi connectivity index (χ1v) is 6.32. The molecule has 1 N–H and O–H groups in total. The van der Waals surface area contributed by atoms with Gasteiger partial charge in [-0.2, -0.15) is 0 Å². The molecule has 1 rings (SSSR count). The number of carbonyl (C=O) groups is 2. The predicted octanol–water partition coefficient (Wildman–Crippen LogP) is 1.21. The summed E-state index contributed by atoms with van der Waals surface area (Å²) in [4.78, 5) is 24.1. The number of aliphatic carboxylic acids is 1. The second-order valence-corrected chi connectivity index (χ2v) is 4.83. The lowest BCUT2D eigenvalue weighted by molar-refractivity contribution is -0.136. The van der Waals surface area contributed by atoms with Crippen molar-refractivity contribution in [2.75, 3.05) is 18.8 Å². The van der Waals surface area contributed by atoms with Gasteiger partial charge < -0.3 is 10.0 Å². The number of thioether (sulfide) groups is 1. The Morgan fingerprint density at radius 2 is 2.00 bits per heavy atom. The fourth-order valence-electron chi connectivity index (χ4n) is 1.59. The van der Waals surface area contributed by atoms with Crippen LogP contribution in [0.3, 0.4) is 0 Å². The molecule has 1 atom stereocenters. The van der Waals surface area contributed by atoms with Crippen molar-refractivity contribution in [2.24, 2.45) is 0 Å². The molecule has 1 saturated heterocycles. The van der Waals surface area contributed by atoms with Crippen LogP contribution in [0.15, 0.2) is 0 Å². The summed E-state index contributed by atoms with van der Waals surface area (Å²) in [7, 11) is 0. The van der Waals surface area contributed by atoms with E-state index < -0.39 is 11.2 Å². The normalized spacial score (nSPS) is 17.8. The topological polar surface area (TPSA) is 57.6 Å². The van der Waals surface area contributed by atoms with Gasteiger partial charge in [0.1, 0.15) is 5.25 Å². The highest BCUT2D eigenvalue weighted by Gasteiger charge is 2.21. The molecule has 0 bridgehead atoms. The molecule has 0 saturated carbocycles. The zero-order chi connectivity index (χ0) is 11.3. The first kappa shape index (κ1) is 12.4. The Kier molecular flexibility index (Phi) is 4.94. The molecule has 0 spiro atoms. The number of hydrogen-bond acceptors (Lipinski definition) is 3. The van der Waals surface area contributed by atoms with E-state index in [4.69, 9.17) is 5.11 Å². The van der Waals surface area contributed by atoms with Gasteiger partial charge in [0.2, 0.25) is 5.91 Å². The molecular formula is C10H17NO3S. The molecular weight excluding hydrogens is 214 g/mol. The van der Waals surface area contributed by atoms with Gasteiger partial charge in [0.15, 0.2) is 0 Å². The van der Waals surface area contributed by atoms with Crippen molar-refractivity contribution < 1.29 is 14.7 Å². The maximum absolute atomic E-state index is 11.6. The Balaban J connectivity index is 2.28. The van der Waals surface area contributed by atoms with Crippen LogP contribution in [0.2, 0.25) is 0 Å². The van der Waals surface area contributed by atoms with E-state index in [9.17, 15) is 9.59 Å². The van der Waals surface area contributed by atoms with Gasteiger partial charge in [-0.1, -0.05) is 6.92 Å². The maximum Gasteiger partial charge on any atom is 0.316 e. The number of likely N-dealkylation sites (tertiary alicyclic amines) is 1. The Hall–Kier alpha value is -0.710. The van der Waals surface area contributed by atoms with Crippen LogP contribution in [0, 0.1) is 0 Å². The van der Waals surface area contributed by atoms with Crippen LogP contribution in [0.1, 0.15) is 26.2 Å². The van der Waals surface area contributed by atoms with Gasteiger partial charge in [-0.3, -0.25) is 9.59 Å². The summed E-state index contributed by atoms with van der Waals surface area (Å²) in [6.45, 7) is 3.50. The van der Waals surface area contributed by atoms with E-state index in [1.54, 1.807) is 0 Å². The highest BCUT2D eigenvalue weighted by Crippen LogP contribution is 2.17. The van der Waals surface area contributed by atoms with Crippen molar-refractivity contribution in [3.8, 4) is 0 Å². The molecule has 1 fully saturated rings. The number of carboxylic acids is 1. The largest absolute Gasteiger partial charge is 0.480 e. The van der Waals surface area contributed by atoms with Crippen molar-refractivity contribution in [1.29, 1.82) is 0 Å². The first-order valence-electron chi connectivity index (χ1n) is 5.27. The lowest BCUT2D eigenvalue weighted by Gasteiger charge is -2.16. The molecule has 5 heteroatoms. The SMILES string of the molecule is CCC(SCC(=O)N1CCCC1)C(=O)O. The number of rotatable bonds is 5. The molecule has 0 aromatic heterocycles. The van der Waals surface area contributed by atoms with E-state index in [1.807, 2.05) is 11.8 Å². The van der Waals surface area contributed by atoms with E-state index in [1.165, 1.54) is 11.8 Å². The van der Waals surface area contributed by atoms with Crippen LogP contribution >= 0.6 is 11.8 Å². The predicted molar refractivity (Wildman–Crippen MR) is 60.0 cm³/mol. The van der Waals surface area contributed by atoms with E-state index >= 15 is 0 Å². The number of hydrogen-bond donors (Lipinski definition) is 1. The van der Waals surface area contributed by atoms with E-state index in [-0.39, 0.29) is 5.91 Å². The van der Waals surface area contributed by atoms with Crippen LogP contribution in [-0.2, 0) is 9.59 Å². The highest BCUT2D eigenvalue weighted by molar-refractivity contribution is 8.01. The smallest absolute Gasteiger partial charge is 0.316 e. The Bertz CT molecular complexity index is 239. The highest BCUT2D eigenvalue weighted by atomic mass is 32.2. The number of nitrogens with zero attached hydrogens (tertiary/aromatic N) is 1. The molecule has 1 aliphatic rings. The fourth-order valence-corrected chi connectivity index (χ4v) is 2.50. The second kappa shape index (κ2) is 6.00. The summed E-state index contributed by atoms with van der Waals surface area (Å²) in [5, 5.41) is 8.36. The quantitative estimate of drug-likeness (QED) is 0.772. The molecule has 0 radical (unpaired) electrons. The van der Waals surface area contributed by atoms with Gasteiger partial charge in [-0.25, -0.2) is 0 Å². The van der Waals surface area contributed by atoms with Crippen molar-refractivity contribution >= 4 is 23.6 Å². The lowest BCUT2D eigenvalue weighted by atomic mass is 10.3. The fraction of sp³-hybridized carbons (Fsp3) is 0.800. The number of amides is 1. The Labute approximate surface area is 94.0 Å². The summed E-state index contributed by atoms with van der Waals surface area (Å²) in [6.07, 6.45) is 2.71. The van der Waals surface area contributed by atoms with Crippen molar-refractivity contribution in [1.82, 2.24) is 4.90 Å². The average Bonchev–Trinajstić information content (AvgIpc) is 2.70. The molecule has 0 aromatic rings. The zero-order valence-corrected chi connectivity index (χ0v) is 9.76. The van der Waals surface area contributed by atoms with Crippen LogP contribution in [-0.4, -0.2) is 46.0 Å². The van der Waals surface area contributed by atoms with Crippen LogP contribution in [0.4, 0.5) is 0 Å². The van der Waals surface area contributed by atoms with Crippen molar-refractivity contribution in [3.05, 3.63) is 0 Å². The minimum Gasteiger partial charge on any atom is -0.480 e. The minimum atomic E-state index is -0.822. The average molecular weight is 231 g/mol. The van der Waals surface area contributed by atoms with Crippen LogP contribution in [0.5, 0.6) is 0 Å². The van der Waals surface area contributed by atoms with E-state index in [0.29, 0.717) is 12.2 Å². The molecule has 1 heterocycles. The molecule has 15 heavy (non-hydrogen) atoms. The van der Waals surface area contributed by atoms with Gasteiger partial charge in [0, 0.05) is 13.1 Å². The monoisotopic (exact) mass is 231 g/mol. The van der Waals surface area contributed by atoms with Gasteiger partial charge in [-0.15, -0.1) is 11.8 Å². The summed E-state index contributed by atoms with van der Waals surface area (Å²) in [6, 6.07) is 0. The van der Waals surface area contributed by atoms with E-state index in [2.05, 4.69) is 0 Å². The Morgan fingerprint density at radius 1 is 1.40 bits per heavy atom. The molecule has 0 aromatic carbocycles. The third kappa shape index (κ3) is 3.74. The Morgan fingerprint density at radius 3 is 2.47 bits per heavy atom. The van der Waals surface area contributed by atoms with Gasteiger partial charge >= 0.3 is 5.97 Å². The van der Waals surface area contributed by atoms with Gasteiger partial charge in [0.05, 0.1) is 5.75 Å².